The van der Waals surface area contributed by atoms with E-state index in [1.807, 2.05) is 29.0 Å². The summed E-state index contributed by atoms with van der Waals surface area (Å²) in [6.45, 7) is 1.90. The molecule has 2 atom stereocenters. The van der Waals surface area contributed by atoms with Gasteiger partial charge in [0.1, 0.15) is 18.2 Å². The Morgan fingerprint density at radius 1 is 1.20 bits per heavy atom. The van der Waals surface area contributed by atoms with Crippen LogP contribution in [-0.4, -0.2) is 71.6 Å². The summed E-state index contributed by atoms with van der Waals surface area (Å²) < 4.78 is 26.4. The lowest BCUT2D eigenvalue weighted by molar-refractivity contribution is -0.134. The second-order valence-corrected chi connectivity index (χ2v) is 9.02. The van der Waals surface area contributed by atoms with E-state index in [0.717, 1.165) is 0 Å². The Hall–Kier alpha value is -3.43. The molecule has 2 aliphatic heterocycles. The van der Waals surface area contributed by atoms with Crippen molar-refractivity contribution in [2.24, 2.45) is 0 Å². The zero-order chi connectivity index (χ0) is 24.5. The minimum atomic E-state index is -0.566. The van der Waals surface area contributed by atoms with Crippen LogP contribution in [0.25, 0.3) is 10.9 Å². The summed E-state index contributed by atoms with van der Waals surface area (Å²) in [5, 5.41) is 3.65. The van der Waals surface area contributed by atoms with Gasteiger partial charge in [-0.15, -0.1) is 0 Å². The van der Waals surface area contributed by atoms with Crippen LogP contribution in [0.4, 0.5) is 15.9 Å². The third kappa shape index (κ3) is 4.61. The van der Waals surface area contributed by atoms with E-state index in [9.17, 15) is 9.18 Å². The van der Waals surface area contributed by atoms with E-state index in [1.54, 1.807) is 31.4 Å². The Labute approximate surface area is 207 Å². The Morgan fingerprint density at radius 3 is 2.77 bits per heavy atom. The fourth-order valence-electron chi connectivity index (χ4n) is 4.52. The van der Waals surface area contributed by atoms with E-state index in [4.69, 9.17) is 21.1 Å². The molecule has 10 heteroatoms. The molecular weight excluding hydrogens is 473 g/mol. The molecule has 0 radical (unpaired) electrons. The summed E-state index contributed by atoms with van der Waals surface area (Å²) in [7, 11) is 3.49. The van der Waals surface area contributed by atoms with Gasteiger partial charge in [-0.25, -0.2) is 14.4 Å². The third-order valence-electron chi connectivity index (χ3n) is 6.34. The average molecular weight is 498 g/mol. The van der Waals surface area contributed by atoms with Gasteiger partial charge in [0, 0.05) is 37.5 Å². The number of nitrogens with one attached hydrogen (secondary N) is 1. The molecule has 2 aliphatic rings. The van der Waals surface area contributed by atoms with E-state index in [0.29, 0.717) is 54.3 Å². The van der Waals surface area contributed by atoms with Gasteiger partial charge in [0.05, 0.1) is 29.4 Å². The molecule has 1 amide bonds. The predicted octanol–water partition coefficient (Wildman–Crippen LogP) is 4.02. The number of anilines is 2. The minimum Gasteiger partial charge on any atom is -0.493 e. The van der Waals surface area contributed by atoms with Gasteiger partial charge >= 0.3 is 0 Å². The Balaban J connectivity index is 1.41. The molecule has 1 N–H and O–H groups in total. The molecule has 2 aromatic carbocycles. The number of nitrogens with zero attached hydrogens (tertiary/aromatic N) is 4. The van der Waals surface area contributed by atoms with Crippen LogP contribution >= 0.6 is 11.6 Å². The third-order valence-corrected chi connectivity index (χ3v) is 6.64. The number of hydrogen-bond donors (Lipinski definition) is 1. The van der Waals surface area contributed by atoms with Crippen LogP contribution in [0.2, 0.25) is 5.02 Å². The molecule has 182 valence electrons. The number of aromatic nitrogens is 2. The molecule has 0 unspecified atom stereocenters. The highest BCUT2D eigenvalue weighted by Gasteiger charge is 2.38. The Morgan fingerprint density at radius 2 is 2.00 bits per heavy atom. The number of benzene rings is 2. The number of likely N-dealkylation sites (tertiary alicyclic amines) is 1. The van der Waals surface area contributed by atoms with Crippen LogP contribution in [0.3, 0.4) is 0 Å². The maximum absolute atomic E-state index is 14.5. The standard InChI is InChI=1S/C25H25ClFN5O3/c1-31-13-15(10-20(31)25(33)32-8-3-4-9-32)35-22-11-16-19(12-21(22)34-2)28-14-29-24(16)30-18-7-5-6-17(26)23(18)27/h3-7,11-12,14-15,20H,8-10,13H2,1-2H3,(H,28,29,30)/t15-,20+/m1/s1. The molecule has 0 aliphatic carbocycles. The van der Waals surface area contributed by atoms with Gasteiger partial charge in [0.15, 0.2) is 17.3 Å². The number of halogens is 2. The summed E-state index contributed by atoms with van der Waals surface area (Å²) in [4.78, 5) is 25.4. The lowest BCUT2D eigenvalue weighted by atomic mass is 10.1. The number of carbonyl (C=O) groups excluding carboxylic acids is 1. The van der Waals surface area contributed by atoms with Gasteiger partial charge in [-0.1, -0.05) is 29.8 Å². The zero-order valence-corrected chi connectivity index (χ0v) is 20.1. The minimum absolute atomic E-state index is 0.0122. The van der Waals surface area contributed by atoms with Crippen LogP contribution in [0, 0.1) is 5.82 Å². The van der Waals surface area contributed by atoms with Gasteiger partial charge in [-0.05, 0) is 25.2 Å². The second kappa shape index (κ2) is 9.67. The number of methoxy groups -OCH3 is 1. The number of fused-ring (bicyclic) bond motifs is 1. The van der Waals surface area contributed by atoms with Gasteiger partial charge in [0.25, 0.3) is 0 Å². The summed E-state index contributed by atoms with van der Waals surface area (Å²) in [5.74, 6) is 0.958. The topological polar surface area (TPSA) is 79.8 Å². The van der Waals surface area contributed by atoms with Crippen molar-refractivity contribution in [3.63, 3.8) is 0 Å². The van der Waals surface area contributed by atoms with Crippen molar-refractivity contribution in [3.05, 3.63) is 59.7 Å². The fraction of sp³-hybridized carbons (Fsp3) is 0.320. The van der Waals surface area contributed by atoms with Crippen LogP contribution in [-0.2, 0) is 4.79 Å². The first-order valence-corrected chi connectivity index (χ1v) is 11.7. The van der Waals surface area contributed by atoms with Gasteiger partial charge < -0.3 is 19.7 Å². The highest BCUT2D eigenvalue weighted by Crippen LogP contribution is 2.37. The molecule has 1 saturated heterocycles. The first-order chi connectivity index (χ1) is 16.9. The van der Waals surface area contributed by atoms with Crippen molar-refractivity contribution >= 4 is 39.9 Å². The van der Waals surface area contributed by atoms with Crippen molar-refractivity contribution in [2.45, 2.75) is 18.6 Å². The molecule has 0 saturated carbocycles. The molecular formula is C25H25ClFN5O3. The maximum Gasteiger partial charge on any atom is 0.240 e. The highest BCUT2D eigenvalue weighted by molar-refractivity contribution is 6.31. The fourth-order valence-corrected chi connectivity index (χ4v) is 4.69. The quantitative estimate of drug-likeness (QED) is 0.515. The maximum atomic E-state index is 14.5. The molecule has 0 bridgehead atoms. The SMILES string of the molecule is COc1cc2ncnc(Nc3cccc(Cl)c3F)c2cc1O[C@@H]1C[C@@H](C(=O)N2CC=CC2)N(C)C1. The van der Waals surface area contributed by atoms with Crippen molar-refractivity contribution in [1.29, 1.82) is 0 Å². The molecule has 8 nitrogen and oxygen atoms in total. The Bertz CT molecular complexity index is 1300. The first kappa shape index (κ1) is 23.3. The lowest BCUT2D eigenvalue weighted by Gasteiger charge is -2.24. The molecule has 3 heterocycles. The van der Waals surface area contributed by atoms with Crippen molar-refractivity contribution < 1.29 is 18.7 Å². The van der Waals surface area contributed by atoms with Crippen LogP contribution < -0.4 is 14.8 Å². The first-order valence-electron chi connectivity index (χ1n) is 11.3. The van der Waals surface area contributed by atoms with Crippen molar-refractivity contribution in [3.8, 4) is 11.5 Å². The summed E-state index contributed by atoms with van der Waals surface area (Å²) >= 11 is 5.93. The monoisotopic (exact) mass is 497 g/mol. The van der Waals surface area contributed by atoms with Crippen LogP contribution in [0.1, 0.15) is 6.42 Å². The van der Waals surface area contributed by atoms with Crippen molar-refractivity contribution in [2.75, 3.05) is 39.1 Å². The summed E-state index contributed by atoms with van der Waals surface area (Å²) in [6.07, 6.45) is 5.76. The van der Waals surface area contributed by atoms with Crippen molar-refractivity contribution in [1.82, 2.24) is 19.8 Å². The second-order valence-electron chi connectivity index (χ2n) is 8.61. The van der Waals surface area contributed by atoms with Crippen LogP contribution in [0.15, 0.2) is 48.8 Å². The number of amides is 1. The number of hydrogen-bond acceptors (Lipinski definition) is 7. The van der Waals surface area contributed by atoms with E-state index < -0.39 is 5.82 Å². The molecule has 1 aromatic heterocycles. The lowest BCUT2D eigenvalue weighted by Crippen LogP contribution is -2.43. The number of likely N-dealkylation sites (N-methyl/N-ethyl adjacent to an activating group) is 1. The Kier molecular flexibility index (Phi) is 6.44. The van der Waals surface area contributed by atoms with Gasteiger partial charge in [0.2, 0.25) is 5.91 Å². The number of carbonyl (C=O) groups is 1. The molecule has 35 heavy (non-hydrogen) atoms. The largest absolute Gasteiger partial charge is 0.493 e. The normalized spacial score (nSPS) is 19.9. The predicted molar refractivity (Wildman–Crippen MR) is 132 cm³/mol. The smallest absolute Gasteiger partial charge is 0.240 e. The molecule has 3 aromatic rings. The summed E-state index contributed by atoms with van der Waals surface area (Å²) in [5.41, 5.74) is 0.804. The summed E-state index contributed by atoms with van der Waals surface area (Å²) in [6, 6.07) is 8.01. The highest BCUT2D eigenvalue weighted by atomic mass is 35.5. The van der Waals surface area contributed by atoms with E-state index >= 15 is 0 Å². The molecule has 0 spiro atoms. The van der Waals surface area contributed by atoms with Gasteiger partial charge in [-0.3, -0.25) is 9.69 Å². The van der Waals surface area contributed by atoms with E-state index in [2.05, 4.69) is 15.3 Å². The number of rotatable bonds is 6. The van der Waals surface area contributed by atoms with Crippen LogP contribution in [0.5, 0.6) is 11.5 Å². The average Bonchev–Trinajstić information content (AvgIpc) is 3.51. The van der Waals surface area contributed by atoms with Gasteiger partial charge in [-0.2, -0.15) is 0 Å². The van der Waals surface area contributed by atoms with E-state index in [-0.39, 0.29) is 28.8 Å². The number of ether oxygens (including phenoxy) is 2. The zero-order valence-electron chi connectivity index (χ0n) is 19.4. The molecule has 5 rings (SSSR count). The molecule has 1 fully saturated rings. The van der Waals surface area contributed by atoms with E-state index in [1.165, 1.54) is 12.4 Å².